The second-order valence-corrected chi connectivity index (χ2v) is 5.20. The van der Waals surface area contributed by atoms with Gasteiger partial charge in [-0.15, -0.1) is 0 Å². The number of thioether (sulfide) groups is 1. The van der Waals surface area contributed by atoms with Crippen LogP contribution in [0.3, 0.4) is 0 Å². The Morgan fingerprint density at radius 1 is 1.61 bits per heavy atom. The van der Waals surface area contributed by atoms with Gasteiger partial charge in [-0.2, -0.15) is 5.26 Å². The van der Waals surface area contributed by atoms with Gasteiger partial charge in [-0.3, -0.25) is 4.79 Å². The summed E-state index contributed by atoms with van der Waals surface area (Å²) in [7, 11) is 0. The van der Waals surface area contributed by atoms with E-state index in [-0.39, 0.29) is 11.2 Å². The first-order chi connectivity index (χ1) is 8.49. The maximum atomic E-state index is 11.5. The van der Waals surface area contributed by atoms with Crippen LogP contribution in [0.5, 0.6) is 0 Å². The molecule has 0 aliphatic carbocycles. The number of hydrogen-bond donors (Lipinski definition) is 0. The maximum Gasteiger partial charge on any atom is 0.319 e. The Morgan fingerprint density at radius 2 is 2.28 bits per heavy atom. The van der Waals surface area contributed by atoms with Crippen LogP contribution in [-0.4, -0.2) is 22.8 Å². The van der Waals surface area contributed by atoms with Crippen LogP contribution < -0.4 is 0 Å². The number of rotatable bonds is 4. The van der Waals surface area contributed by atoms with Crippen molar-refractivity contribution in [2.45, 2.75) is 38.0 Å². The molecular weight excluding hydrogens is 248 g/mol. The summed E-state index contributed by atoms with van der Waals surface area (Å²) in [4.78, 5) is 15.9. The van der Waals surface area contributed by atoms with Gasteiger partial charge < -0.3 is 4.74 Å². The van der Waals surface area contributed by atoms with E-state index in [1.54, 1.807) is 19.9 Å². The lowest BCUT2D eigenvalue weighted by Gasteiger charge is -2.11. The molecular formula is C13H16N2O2S. The van der Waals surface area contributed by atoms with Crippen LogP contribution in [-0.2, 0) is 9.53 Å². The van der Waals surface area contributed by atoms with Gasteiger partial charge >= 0.3 is 5.97 Å². The second-order valence-electron chi connectivity index (χ2n) is 3.87. The molecule has 5 heteroatoms. The molecule has 0 saturated carbocycles. The largest absolute Gasteiger partial charge is 0.465 e. The molecule has 1 rings (SSSR count). The minimum Gasteiger partial charge on any atom is -0.465 e. The standard InChI is InChI=1S/C13H16N2O2S/c1-5-17-13(16)10(4)18-12-11(7-14)6-8(2)9(3)15-12/h6,10H,5H2,1-4H3/t10-/m0/s1. The van der Waals surface area contributed by atoms with Crippen molar-refractivity contribution in [3.63, 3.8) is 0 Å². The Labute approximate surface area is 111 Å². The van der Waals surface area contributed by atoms with E-state index in [0.717, 1.165) is 11.3 Å². The Kier molecular flexibility index (Phi) is 5.17. The average Bonchev–Trinajstić information content (AvgIpc) is 2.33. The van der Waals surface area contributed by atoms with Gasteiger partial charge in [0.25, 0.3) is 0 Å². The number of nitriles is 1. The van der Waals surface area contributed by atoms with Crippen LogP contribution >= 0.6 is 11.8 Å². The normalized spacial score (nSPS) is 11.7. The molecule has 0 amide bonds. The van der Waals surface area contributed by atoms with Crippen molar-refractivity contribution in [2.75, 3.05) is 6.61 Å². The van der Waals surface area contributed by atoms with Crippen molar-refractivity contribution in [1.82, 2.24) is 4.98 Å². The number of carbonyl (C=O) groups excluding carboxylic acids is 1. The third kappa shape index (κ3) is 3.47. The number of aryl methyl sites for hydroxylation is 2. The Balaban J connectivity index is 2.94. The van der Waals surface area contributed by atoms with Gasteiger partial charge in [-0.25, -0.2) is 4.98 Å². The number of pyridine rings is 1. The lowest BCUT2D eigenvalue weighted by Crippen LogP contribution is -2.17. The van der Waals surface area contributed by atoms with Crippen molar-refractivity contribution < 1.29 is 9.53 Å². The first kappa shape index (κ1) is 14.5. The molecule has 0 radical (unpaired) electrons. The Morgan fingerprint density at radius 3 is 2.83 bits per heavy atom. The molecule has 0 saturated heterocycles. The van der Waals surface area contributed by atoms with Gasteiger partial charge in [0.15, 0.2) is 0 Å². The summed E-state index contributed by atoms with van der Waals surface area (Å²) in [5, 5.41) is 9.28. The molecule has 96 valence electrons. The highest BCUT2D eigenvalue weighted by molar-refractivity contribution is 8.00. The quantitative estimate of drug-likeness (QED) is 0.618. The first-order valence-electron chi connectivity index (χ1n) is 5.71. The average molecular weight is 264 g/mol. The van der Waals surface area contributed by atoms with Crippen molar-refractivity contribution in [3.8, 4) is 6.07 Å². The zero-order valence-electron chi connectivity index (χ0n) is 11.0. The SMILES string of the molecule is CCOC(=O)[C@H](C)Sc1nc(C)c(C)cc1C#N. The van der Waals surface area contributed by atoms with E-state index in [0.29, 0.717) is 17.2 Å². The van der Waals surface area contributed by atoms with Crippen LogP contribution in [0.1, 0.15) is 30.7 Å². The van der Waals surface area contributed by atoms with Crippen molar-refractivity contribution >= 4 is 17.7 Å². The monoisotopic (exact) mass is 264 g/mol. The maximum absolute atomic E-state index is 11.5. The number of ether oxygens (including phenoxy) is 1. The smallest absolute Gasteiger partial charge is 0.319 e. The lowest BCUT2D eigenvalue weighted by atomic mass is 10.2. The summed E-state index contributed by atoms with van der Waals surface area (Å²) in [5.41, 5.74) is 2.34. The van der Waals surface area contributed by atoms with E-state index in [2.05, 4.69) is 11.1 Å². The molecule has 4 nitrogen and oxygen atoms in total. The summed E-state index contributed by atoms with van der Waals surface area (Å²) in [6, 6.07) is 3.90. The molecule has 1 atom stereocenters. The molecule has 1 aromatic heterocycles. The highest BCUT2D eigenvalue weighted by Gasteiger charge is 2.18. The highest BCUT2D eigenvalue weighted by atomic mass is 32.2. The summed E-state index contributed by atoms with van der Waals surface area (Å²) < 4.78 is 4.93. The topological polar surface area (TPSA) is 63.0 Å². The molecule has 1 heterocycles. The fourth-order valence-corrected chi connectivity index (χ4v) is 2.25. The van der Waals surface area contributed by atoms with Crippen LogP contribution in [0.25, 0.3) is 0 Å². The molecule has 0 aliphatic heterocycles. The number of nitrogens with zero attached hydrogens (tertiary/aromatic N) is 2. The summed E-state index contributed by atoms with van der Waals surface area (Å²) >= 11 is 1.26. The molecule has 0 N–H and O–H groups in total. The molecule has 0 unspecified atom stereocenters. The van der Waals surface area contributed by atoms with Crippen molar-refractivity contribution in [2.24, 2.45) is 0 Å². The molecule has 18 heavy (non-hydrogen) atoms. The van der Waals surface area contributed by atoms with Gasteiger partial charge in [-0.1, -0.05) is 11.8 Å². The Bertz CT molecular complexity index is 494. The fraction of sp³-hybridized carbons (Fsp3) is 0.462. The molecule has 0 bridgehead atoms. The van der Waals surface area contributed by atoms with E-state index in [4.69, 9.17) is 10.00 Å². The van der Waals surface area contributed by atoms with Crippen LogP contribution in [0.15, 0.2) is 11.1 Å². The number of carbonyl (C=O) groups is 1. The van der Waals surface area contributed by atoms with Gasteiger partial charge in [-0.05, 0) is 39.3 Å². The lowest BCUT2D eigenvalue weighted by molar-refractivity contribution is -0.142. The minimum absolute atomic E-state index is 0.286. The summed E-state index contributed by atoms with van der Waals surface area (Å²) in [6.07, 6.45) is 0. The van der Waals surface area contributed by atoms with Crippen LogP contribution in [0, 0.1) is 25.2 Å². The van der Waals surface area contributed by atoms with E-state index in [1.807, 2.05) is 13.8 Å². The third-order valence-corrected chi connectivity index (χ3v) is 3.54. The minimum atomic E-state index is -0.369. The molecule has 1 aromatic rings. The number of aromatic nitrogens is 1. The first-order valence-corrected chi connectivity index (χ1v) is 6.59. The van der Waals surface area contributed by atoms with Crippen molar-refractivity contribution in [3.05, 3.63) is 22.9 Å². The third-order valence-electron chi connectivity index (χ3n) is 2.46. The fourth-order valence-electron chi connectivity index (χ4n) is 1.33. The summed E-state index contributed by atoms with van der Waals surface area (Å²) in [6.45, 7) is 7.67. The molecule has 0 aromatic carbocycles. The van der Waals surface area contributed by atoms with E-state index in [9.17, 15) is 4.79 Å². The van der Waals surface area contributed by atoms with Gasteiger partial charge in [0.05, 0.1) is 12.2 Å². The zero-order valence-corrected chi connectivity index (χ0v) is 11.8. The molecule has 0 aliphatic rings. The van der Waals surface area contributed by atoms with Gasteiger partial charge in [0.1, 0.15) is 16.3 Å². The predicted molar refractivity (Wildman–Crippen MR) is 70.4 cm³/mol. The van der Waals surface area contributed by atoms with Crippen LogP contribution in [0.4, 0.5) is 0 Å². The van der Waals surface area contributed by atoms with E-state index >= 15 is 0 Å². The molecule has 0 spiro atoms. The van der Waals surface area contributed by atoms with Crippen LogP contribution in [0.2, 0.25) is 0 Å². The van der Waals surface area contributed by atoms with Gasteiger partial charge in [0.2, 0.25) is 0 Å². The van der Waals surface area contributed by atoms with E-state index < -0.39 is 0 Å². The Hall–Kier alpha value is -1.54. The molecule has 0 fully saturated rings. The second kappa shape index (κ2) is 6.41. The summed E-state index contributed by atoms with van der Waals surface area (Å²) in [5.74, 6) is -0.286. The van der Waals surface area contributed by atoms with Gasteiger partial charge in [0, 0.05) is 5.69 Å². The van der Waals surface area contributed by atoms with Crippen molar-refractivity contribution in [1.29, 1.82) is 5.26 Å². The predicted octanol–water partition coefficient (Wildman–Crippen LogP) is 2.61. The number of esters is 1. The van der Waals surface area contributed by atoms with E-state index in [1.165, 1.54) is 11.8 Å². The zero-order chi connectivity index (χ0) is 13.7. The highest BCUT2D eigenvalue weighted by Crippen LogP contribution is 2.26. The number of hydrogen-bond acceptors (Lipinski definition) is 5.